The van der Waals surface area contributed by atoms with Crippen molar-refractivity contribution in [2.24, 2.45) is 5.92 Å². The summed E-state index contributed by atoms with van der Waals surface area (Å²) in [5.74, 6) is 1.13. The largest absolute Gasteiger partial charge is 0.508 e. The molecule has 0 aliphatic heterocycles. The van der Waals surface area contributed by atoms with Crippen LogP contribution in [0.15, 0.2) is 72.8 Å². The van der Waals surface area contributed by atoms with Gasteiger partial charge in [0.2, 0.25) is 0 Å². The van der Waals surface area contributed by atoms with Gasteiger partial charge in [-0.2, -0.15) is 0 Å². The molecule has 0 heterocycles. The van der Waals surface area contributed by atoms with Crippen LogP contribution >= 0.6 is 0 Å². The van der Waals surface area contributed by atoms with Gasteiger partial charge in [-0.3, -0.25) is 0 Å². The van der Waals surface area contributed by atoms with E-state index in [0.717, 1.165) is 29.5 Å². The molecule has 0 radical (unpaired) electrons. The average molecular weight is 374 g/mol. The summed E-state index contributed by atoms with van der Waals surface area (Å²) >= 11 is 0. The SMILES string of the molecule is Oc1ccc(C(c2ccc(O)cc2)(c2ccc(O)cc2)C2CCCCC2)cc1. The molecule has 0 bridgehead atoms. The molecule has 144 valence electrons. The first-order valence-corrected chi connectivity index (χ1v) is 9.99. The molecule has 1 aliphatic carbocycles. The van der Waals surface area contributed by atoms with E-state index < -0.39 is 5.41 Å². The summed E-state index contributed by atoms with van der Waals surface area (Å²) in [5, 5.41) is 29.6. The van der Waals surface area contributed by atoms with Gasteiger partial charge in [0.25, 0.3) is 0 Å². The molecule has 0 aromatic heterocycles. The van der Waals surface area contributed by atoms with Gasteiger partial charge in [-0.05, 0) is 71.8 Å². The summed E-state index contributed by atoms with van der Waals surface area (Å²) in [6.07, 6.45) is 5.87. The van der Waals surface area contributed by atoms with Crippen molar-refractivity contribution in [3.05, 3.63) is 89.5 Å². The molecule has 3 N–H and O–H groups in total. The van der Waals surface area contributed by atoms with E-state index in [-0.39, 0.29) is 17.2 Å². The van der Waals surface area contributed by atoms with Crippen LogP contribution in [0, 0.1) is 5.92 Å². The maximum Gasteiger partial charge on any atom is 0.115 e. The quantitative estimate of drug-likeness (QED) is 0.512. The van der Waals surface area contributed by atoms with E-state index in [1.54, 1.807) is 36.4 Å². The second kappa shape index (κ2) is 7.59. The smallest absolute Gasteiger partial charge is 0.115 e. The van der Waals surface area contributed by atoms with Gasteiger partial charge in [0.05, 0.1) is 0 Å². The zero-order chi connectivity index (χ0) is 19.6. The minimum absolute atomic E-state index is 0.248. The Bertz CT molecular complexity index is 795. The van der Waals surface area contributed by atoms with Crippen LogP contribution in [-0.4, -0.2) is 15.3 Å². The van der Waals surface area contributed by atoms with Crippen LogP contribution in [0.4, 0.5) is 0 Å². The molecule has 28 heavy (non-hydrogen) atoms. The van der Waals surface area contributed by atoms with E-state index in [1.807, 2.05) is 36.4 Å². The van der Waals surface area contributed by atoms with Crippen LogP contribution in [0.25, 0.3) is 0 Å². The van der Waals surface area contributed by atoms with Crippen molar-refractivity contribution in [2.45, 2.75) is 37.5 Å². The first kappa shape index (κ1) is 18.4. The standard InChI is InChI=1S/C25H26O3/c26-22-12-6-19(7-13-22)25(18-4-2-1-3-5-18,20-8-14-23(27)15-9-20)21-10-16-24(28)17-11-21/h6-18,26-28H,1-5H2. The van der Waals surface area contributed by atoms with Crippen molar-refractivity contribution in [1.29, 1.82) is 0 Å². The van der Waals surface area contributed by atoms with Gasteiger partial charge in [-0.15, -0.1) is 0 Å². The van der Waals surface area contributed by atoms with E-state index in [9.17, 15) is 15.3 Å². The second-order valence-corrected chi connectivity index (χ2v) is 7.78. The lowest BCUT2D eigenvalue weighted by atomic mass is 9.58. The number of benzene rings is 3. The van der Waals surface area contributed by atoms with Gasteiger partial charge >= 0.3 is 0 Å². The minimum Gasteiger partial charge on any atom is -0.508 e. The van der Waals surface area contributed by atoms with Crippen molar-refractivity contribution >= 4 is 0 Å². The van der Waals surface area contributed by atoms with Crippen molar-refractivity contribution in [1.82, 2.24) is 0 Å². The number of hydrogen-bond acceptors (Lipinski definition) is 3. The molecule has 1 saturated carbocycles. The summed E-state index contributed by atoms with van der Waals surface area (Å²) in [6, 6.07) is 22.5. The average Bonchev–Trinajstić information content (AvgIpc) is 2.73. The topological polar surface area (TPSA) is 60.7 Å². The monoisotopic (exact) mass is 374 g/mol. The molecule has 0 atom stereocenters. The summed E-state index contributed by atoms with van der Waals surface area (Å²) in [4.78, 5) is 0. The molecule has 3 aromatic rings. The summed E-state index contributed by atoms with van der Waals surface area (Å²) in [5.41, 5.74) is 2.95. The van der Waals surface area contributed by atoms with E-state index in [2.05, 4.69) is 0 Å². The van der Waals surface area contributed by atoms with Crippen LogP contribution in [-0.2, 0) is 5.41 Å². The number of phenols is 3. The molecule has 4 rings (SSSR count). The Morgan fingerprint density at radius 2 is 0.821 bits per heavy atom. The normalized spacial score (nSPS) is 15.4. The van der Waals surface area contributed by atoms with Crippen molar-refractivity contribution in [3.63, 3.8) is 0 Å². The van der Waals surface area contributed by atoms with E-state index in [1.165, 1.54) is 19.3 Å². The maximum absolute atomic E-state index is 9.88. The summed E-state index contributed by atoms with van der Waals surface area (Å²) < 4.78 is 0. The predicted octanol–water partition coefficient (Wildman–Crippen LogP) is 5.72. The van der Waals surface area contributed by atoms with Crippen molar-refractivity contribution in [3.8, 4) is 17.2 Å². The highest BCUT2D eigenvalue weighted by Crippen LogP contribution is 2.51. The Kier molecular flexibility index (Phi) is 4.99. The Labute approximate surface area is 165 Å². The molecule has 0 spiro atoms. The number of aromatic hydroxyl groups is 3. The van der Waals surface area contributed by atoms with Crippen LogP contribution in [0.3, 0.4) is 0 Å². The molecule has 1 fully saturated rings. The predicted molar refractivity (Wildman–Crippen MR) is 111 cm³/mol. The van der Waals surface area contributed by atoms with Crippen molar-refractivity contribution < 1.29 is 15.3 Å². The number of hydrogen-bond donors (Lipinski definition) is 3. The molecule has 3 aromatic carbocycles. The third-order valence-electron chi connectivity index (χ3n) is 6.19. The Morgan fingerprint density at radius 1 is 0.500 bits per heavy atom. The lowest BCUT2D eigenvalue weighted by Gasteiger charge is -2.44. The van der Waals surface area contributed by atoms with Crippen LogP contribution in [0.1, 0.15) is 48.8 Å². The molecule has 3 nitrogen and oxygen atoms in total. The molecule has 0 saturated heterocycles. The highest BCUT2D eigenvalue weighted by atomic mass is 16.3. The first-order valence-electron chi connectivity index (χ1n) is 9.99. The van der Waals surface area contributed by atoms with Crippen LogP contribution in [0.2, 0.25) is 0 Å². The van der Waals surface area contributed by atoms with Gasteiger partial charge in [-0.1, -0.05) is 55.7 Å². The Hall–Kier alpha value is -2.94. The van der Waals surface area contributed by atoms with Crippen molar-refractivity contribution in [2.75, 3.05) is 0 Å². The lowest BCUT2D eigenvalue weighted by molar-refractivity contribution is 0.270. The highest BCUT2D eigenvalue weighted by Gasteiger charge is 2.43. The Balaban J connectivity index is 2.01. The molecule has 3 heteroatoms. The van der Waals surface area contributed by atoms with Crippen LogP contribution in [0.5, 0.6) is 17.2 Å². The fourth-order valence-corrected chi connectivity index (χ4v) is 4.92. The number of phenolic OH excluding ortho intramolecular Hbond substituents is 3. The second-order valence-electron chi connectivity index (χ2n) is 7.78. The van der Waals surface area contributed by atoms with E-state index >= 15 is 0 Å². The van der Waals surface area contributed by atoms with E-state index in [4.69, 9.17) is 0 Å². The first-order chi connectivity index (χ1) is 13.6. The molecular formula is C25H26O3. The molecular weight excluding hydrogens is 348 g/mol. The van der Waals surface area contributed by atoms with Gasteiger partial charge in [-0.25, -0.2) is 0 Å². The van der Waals surface area contributed by atoms with Crippen LogP contribution < -0.4 is 0 Å². The third-order valence-corrected chi connectivity index (χ3v) is 6.19. The maximum atomic E-state index is 9.88. The third kappa shape index (κ3) is 3.22. The molecule has 0 amide bonds. The molecule has 0 unspecified atom stereocenters. The zero-order valence-corrected chi connectivity index (χ0v) is 15.9. The number of rotatable bonds is 4. The van der Waals surface area contributed by atoms with Gasteiger partial charge in [0.15, 0.2) is 0 Å². The molecule has 1 aliphatic rings. The Morgan fingerprint density at radius 3 is 1.14 bits per heavy atom. The van der Waals surface area contributed by atoms with Gasteiger partial charge in [0.1, 0.15) is 17.2 Å². The lowest BCUT2D eigenvalue weighted by Crippen LogP contribution is -2.39. The van der Waals surface area contributed by atoms with Gasteiger partial charge in [0, 0.05) is 5.41 Å². The minimum atomic E-state index is -0.407. The fraction of sp³-hybridized carbons (Fsp3) is 0.280. The van der Waals surface area contributed by atoms with E-state index in [0.29, 0.717) is 5.92 Å². The fourth-order valence-electron chi connectivity index (χ4n) is 4.92. The zero-order valence-electron chi connectivity index (χ0n) is 15.9. The van der Waals surface area contributed by atoms with Gasteiger partial charge < -0.3 is 15.3 Å². The highest BCUT2D eigenvalue weighted by molar-refractivity contribution is 5.53. The summed E-state index contributed by atoms with van der Waals surface area (Å²) in [7, 11) is 0. The summed E-state index contributed by atoms with van der Waals surface area (Å²) in [6.45, 7) is 0.